The number of nitrogens with zero attached hydrogens (tertiary/aromatic N) is 2. The van der Waals surface area contributed by atoms with Gasteiger partial charge in [0.1, 0.15) is 0 Å². The summed E-state index contributed by atoms with van der Waals surface area (Å²) in [7, 11) is 0. The SMILES string of the molecule is CC(=Nc1ccc2cnccc2c1)C(CN)c1ccc(CCC(=O)c2ccccc2)cc1. The molecule has 32 heavy (non-hydrogen) atoms. The van der Waals surface area contributed by atoms with Crippen molar-refractivity contribution in [2.45, 2.75) is 25.7 Å². The predicted molar refractivity (Wildman–Crippen MR) is 132 cm³/mol. The smallest absolute Gasteiger partial charge is 0.163 e. The van der Waals surface area contributed by atoms with Gasteiger partial charge in [-0.1, -0.05) is 60.7 Å². The Morgan fingerprint density at radius 1 is 0.969 bits per heavy atom. The third-order valence-corrected chi connectivity index (χ3v) is 5.79. The third-order valence-electron chi connectivity index (χ3n) is 5.79. The summed E-state index contributed by atoms with van der Waals surface area (Å²) >= 11 is 0. The number of pyridine rings is 1. The van der Waals surface area contributed by atoms with E-state index in [2.05, 4.69) is 35.3 Å². The molecule has 1 unspecified atom stereocenters. The number of nitrogens with two attached hydrogens (primary N) is 1. The van der Waals surface area contributed by atoms with E-state index in [1.807, 2.05) is 61.7 Å². The molecule has 4 aromatic rings. The highest BCUT2D eigenvalue weighted by Gasteiger charge is 2.14. The number of carbonyl (C=O) groups is 1. The molecule has 3 aromatic carbocycles. The van der Waals surface area contributed by atoms with Crippen LogP contribution in [0.25, 0.3) is 10.8 Å². The van der Waals surface area contributed by atoms with Crippen LogP contribution in [0.15, 0.2) is 96.2 Å². The Morgan fingerprint density at radius 3 is 2.50 bits per heavy atom. The maximum atomic E-state index is 12.3. The predicted octanol–water partition coefficient (Wildman–Crippen LogP) is 5.89. The average molecular weight is 422 g/mol. The number of aromatic nitrogens is 1. The molecule has 0 bridgehead atoms. The first-order valence-electron chi connectivity index (χ1n) is 10.9. The lowest BCUT2D eigenvalue weighted by molar-refractivity contribution is 0.0983. The van der Waals surface area contributed by atoms with Crippen LogP contribution in [-0.4, -0.2) is 23.0 Å². The first-order valence-corrected chi connectivity index (χ1v) is 10.9. The average Bonchev–Trinajstić information content (AvgIpc) is 2.84. The van der Waals surface area contributed by atoms with Crippen molar-refractivity contribution >= 4 is 28.0 Å². The Balaban J connectivity index is 1.45. The van der Waals surface area contributed by atoms with Gasteiger partial charge in [-0.3, -0.25) is 14.8 Å². The fourth-order valence-corrected chi connectivity index (χ4v) is 3.91. The second-order valence-electron chi connectivity index (χ2n) is 7.98. The van der Waals surface area contributed by atoms with Crippen LogP contribution in [0, 0.1) is 0 Å². The van der Waals surface area contributed by atoms with Crippen molar-refractivity contribution in [1.82, 2.24) is 4.98 Å². The summed E-state index contributed by atoms with van der Waals surface area (Å²) in [6, 6.07) is 25.9. The fraction of sp³-hybridized carbons (Fsp3) is 0.179. The van der Waals surface area contributed by atoms with E-state index in [0.29, 0.717) is 13.0 Å². The van der Waals surface area contributed by atoms with Crippen molar-refractivity contribution in [3.8, 4) is 0 Å². The van der Waals surface area contributed by atoms with Gasteiger partial charge in [-0.15, -0.1) is 0 Å². The van der Waals surface area contributed by atoms with E-state index in [0.717, 1.165) is 45.3 Å². The minimum absolute atomic E-state index is 0.0446. The molecular weight excluding hydrogens is 394 g/mol. The molecule has 4 rings (SSSR count). The number of aliphatic imine (C=N–C) groups is 1. The van der Waals surface area contributed by atoms with Crippen LogP contribution >= 0.6 is 0 Å². The Bertz CT molecular complexity index is 1230. The van der Waals surface area contributed by atoms with Crippen molar-refractivity contribution in [3.05, 3.63) is 108 Å². The number of benzene rings is 3. The molecular formula is C28H27N3O. The molecule has 0 spiro atoms. The van der Waals surface area contributed by atoms with Crippen LogP contribution in [0.5, 0.6) is 0 Å². The Labute approximate surface area is 188 Å². The zero-order chi connectivity index (χ0) is 22.3. The first-order chi connectivity index (χ1) is 15.6. The Kier molecular flexibility index (Phi) is 6.83. The summed E-state index contributed by atoms with van der Waals surface area (Å²) in [6.07, 6.45) is 4.87. The quantitative estimate of drug-likeness (QED) is 0.285. The minimum atomic E-state index is 0.0446. The van der Waals surface area contributed by atoms with Crippen LogP contribution in [0.1, 0.15) is 40.7 Å². The normalized spacial score (nSPS) is 12.6. The lowest BCUT2D eigenvalue weighted by atomic mass is 9.93. The highest BCUT2D eigenvalue weighted by Crippen LogP contribution is 2.24. The van der Waals surface area contributed by atoms with Crippen molar-refractivity contribution in [2.75, 3.05) is 6.54 Å². The second-order valence-corrected chi connectivity index (χ2v) is 7.98. The van der Waals surface area contributed by atoms with Crippen LogP contribution in [0.2, 0.25) is 0 Å². The molecule has 1 atom stereocenters. The second kappa shape index (κ2) is 10.1. The highest BCUT2D eigenvalue weighted by molar-refractivity contribution is 5.96. The standard InChI is InChI=1S/C28H27N3O/c1-20(31-26-13-12-25-19-30-16-15-24(25)17-26)27(18-29)22-10-7-21(8-11-22)9-14-28(32)23-5-3-2-4-6-23/h2-8,10-13,15-17,19,27H,9,14,18,29H2,1H3. The summed E-state index contributed by atoms with van der Waals surface area (Å²) in [5.74, 6) is 0.215. The van der Waals surface area contributed by atoms with Crippen LogP contribution < -0.4 is 5.73 Å². The Morgan fingerprint density at radius 2 is 1.75 bits per heavy atom. The van der Waals surface area contributed by atoms with Gasteiger partial charge in [0, 0.05) is 47.9 Å². The van der Waals surface area contributed by atoms with Gasteiger partial charge in [-0.05, 0) is 48.1 Å². The molecule has 0 aliphatic carbocycles. The van der Waals surface area contributed by atoms with Crippen molar-refractivity contribution < 1.29 is 4.79 Å². The molecule has 4 heteroatoms. The molecule has 0 radical (unpaired) electrons. The highest BCUT2D eigenvalue weighted by atomic mass is 16.1. The molecule has 0 saturated heterocycles. The van der Waals surface area contributed by atoms with E-state index >= 15 is 0 Å². The molecule has 1 heterocycles. The molecule has 4 nitrogen and oxygen atoms in total. The lowest BCUT2D eigenvalue weighted by Gasteiger charge is -2.16. The van der Waals surface area contributed by atoms with Crippen LogP contribution in [0.3, 0.4) is 0 Å². The maximum Gasteiger partial charge on any atom is 0.163 e. The summed E-state index contributed by atoms with van der Waals surface area (Å²) in [5, 5.41) is 2.22. The van der Waals surface area contributed by atoms with Crippen molar-refractivity contribution in [1.29, 1.82) is 0 Å². The van der Waals surface area contributed by atoms with Gasteiger partial charge in [-0.25, -0.2) is 0 Å². The number of ketones is 1. The minimum Gasteiger partial charge on any atom is -0.329 e. The molecule has 160 valence electrons. The van der Waals surface area contributed by atoms with Crippen LogP contribution in [-0.2, 0) is 6.42 Å². The summed E-state index contributed by atoms with van der Waals surface area (Å²) in [5.41, 5.74) is 11.1. The van der Waals surface area contributed by atoms with Gasteiger partial charge in [0.2, 0.25) is 0 Å². The monoisotopic (exact) mass is 421 g/mol. The number of carbonyl (C=O) groups excluding carboxylic acids is 1. The van der Waals surface area contributed by atoms with Gasteiger partial charge in [0.15, 0.2) is 5.78 Å². The number of rotatable bonds is 8. The summed E-state index contributed by atoms with van der Waals surface area (Å²) in [6.45, 7) is 2.51. The van der Waals surface area contributed by atoms with Gasteiger partial charge in [0.25, 0.3) is 0 Å². The third kappa shape index (κ3) is 5.16. The number of Topliss-reactive ketones (excluding diaryl/α,β-unsaturated/α-hetero) is 1. The van der Waals surface area contributed by atoms with E-state index in [-0.39, 0.29) is 11.7 Å². The van der Waals surface area contributed by atoms with E-state index in [1.54, 1.807) is 6.20 Å². The van der Waals surface area contributed by atoms with E-state index in [9.17, 15) is 4.79 Å². The van der Waals surface area contributed by atoms with Gasteiger partial charge >= 0.3 is 0 Å². The van der Waals surface area contributed by atoms with Crippen molar-refractivity contribution in [2.24, 2.45) is 10.7 Å². The largest absolute Gasteiger partial charge is 0.329 e. The molecule has 0 amide bonds. The molecule has 0 saturated carbocycles. The van der Waals surface area contributed by atoms with Crippen LogP contribution in [0.4, 0.5) is 5.69 Å². The molecule has 0 aliphatic rings. The Hall–Kier alpha value is -3.63. The zero-order valence-electron chi connectivity index (χ0n) is 18.2. The molecule has 0 aliphatic heterocycles. The molecule has 0 fully saturated rings. The number of hydrogen-bond donors (Lipinski definition) is 1. The fourth-order valence-electron chi connectivity index (χ4n) is 3.91. The van der Waals surface area contributed by atoms with Gasteiger partial charge in [-0.2, -0.15) is 0 Å². The number of aryl methyl sites for hydroxylation is 1. The summed E-state index contributed by atoms with van der Waals surface area (Å²) < 4.78 is 0. The zero-order valence-corrected chi connectivity index (χ0v) is 18.2. The maximum absolute atomic E-state index is 12.3. The number of fused-ring (bicyclic) bond motifs is 1. The summed E-state index contributed by atoms with van der Waals surface area (Å²) in [4.78, 5) is 21.4. The van der Waals surface area contributed by atoms with Crippen molar-refractivity contribution in [3.63, 3.8) is 0 Å². The van der Waals surface area contributed by atoms with E-state index in [1.165, 1.54) is 0 Å². The first kappa shape index (κ1) is 21.6. The van der Waals surface area contributed by atoms with Gasteiger partial charge < -0.3 is 5.73 Å². The molecule has 1 aromatic heterocycles. The van der Waals surface area contributed by atoms with E-state index in [4.69, 9.17) is 10.7 Å². The number of hydrogen-bond acceptors (Lipinski definition) is 4. The topological polar surface area (TPSA) is 68.3 Å². The van der Waals surface area contributed by atoms with E-state index < -0.39 is 0 Å². The molecule has 2 N–H and O–H groups in total. The lowest BCUT2D eigenvalue weighted by Crippen LogP contribution is -2.19. The van der Waals surface area contributed by atoms with Gasteiger partial charge in [0.05, 0.1) is 5.69 Å².